The normalized spacial score (nSPS) is 13.4. The number of methoxy groups -OCH3 is 1. The van der Waals surface area contributed by atoms with Gasteiger partial charge in [-0.25, -0.2) is 46.3 Å². The molecule has 19 heteroatoms. The van der Waals surface area contributed by atoms with Crippen LogP contribution in [0.15, 0.2) is 100 Å². The van der Waals surface area contributed by atoms with Gasteiger partial charge in [-0.3, -0.25) is 23.9 Å². The summed E-state index contributed by atoms with van der Waals surface area (Å²) >= 11 is 0. The average Bonchev–Trinajstić information content (AvgIpc) is 3.21. The van der Waals surface area contributed by atoms with Crippen LogP contribution in [-0.2, 0) is 44.4 Å². The smallest absolute Gasteiger partial charge is 0.337 e. The van der Waals surface area contributed by atoms with Gasteiger partial charge in [0.05, 0.1) is 39.9 Å². The van der Waals surface area contributed by atoms with Crippen molar-refractivity contribution in [3.8, 4) is 16.9 Å². The minimum atomic E-state index is -4.42. The zero-order chi connectivity index (χ0) is 41.8. The number of anilines is 1. The van der Waals surface area contributed by atoms with E-state index in [2.05, 4.69) is 25.3 Å². The molecule has 304 valence electrons. The van der Waals surface area contributed by atoms with E-state index in [-0.39, 0.29) is 41.7 Å². The third-order valence-electron chi connectivity index (χ3n) is 9.85. The lowest BCUT2D eigenvalue weighted by atomic mass is 9.86. The molecule has 4 heterocycles. The maximum atomic E-state index is 15.5. The minimum absolute atomic E-state index is 0.00385. The molecular weight excluding hydrogens is 791 g/mol. The Morgan fingerprint density at radius 2 is 1.68 bits per heavy atom. The molecule has 7 rings (SSSR count). The van der Waals surface area contributed by atoms with E-state index in [1.165, 1.54) is 79.8 Å². The zero-order valence-electron chi connectivity index (χ0n) is 31.6. The molecule has 6 aromatic rings. The molecule has 0 unspecified atom stereocenters. The highest BCUT2D eigenvalue weighted by Gasteiger charge is 2.29. The molecule has 1 aliphatic rings. The Morgan fingerprint density at radius 1 is 0.932 bits per heavy atom. The summed E-state index contributed by atoms with van der Waals surface area (Å²) in [7, 11) is -1.43. The summed E-state index contributed by atoms with van der Waals surface area (Å²) in [6, 6.07) is 9.54. The number of carbonyl (C=O) groups is 2. The van der Waals surface area contributed by atoms with Gasteiger partial charge >= 0.3 is 11.7 Å². The van der Waals surface area contributed by atoms with Crippen LogP contribution in [0.1, 0.15) is 41.0 Å². The second kappa shape index (κ2) is 17.0. The van der Waals surface area contributed by atoms with Gasteiger partial charge in [0.25, 0.3) is 21.5 Å². The van der Waals surface area contributed by atoms with E-state index in [9.17, 15) is 27.6 Å². The standard InChI is InChI=1S/C40H36F2N8O8S/c1-49-34-20-43-13-12-28(34)38(52)50(40(49)54)36-11-6-24(17-46-36)14-33(39(53)58-21-23-4-3-5-23)47-37(51)29-15-31(42)32(16-30(29)41)48-59(55,56)27-9-7-25(8-10-27)26-18-44-35(22-57-2)45-19-26/h6-13,15-20,23,33,48H,3-5,14,21-22H2,1-2H3,(H,47,51)/t33-/m0/s1. The zero-order valence-corrected chi connectivity index (χ0v) is 32.4. The molecule has 4 aromatic heterocycles. The number of nitrogens with one attached hydrogen (secondary N) is 2. The number of benzene rings is 2. The lowest BCUT2D eigenvalue weighted by molar-refractivity contribution is -0.148. The number of carbonyl (C=O) groups excluding carboxylic acids is 2. The summed E-state index contributed by atoms with van der Waals surface area (Å²) in [5.41, 5.74) is -0.941. The number of ether oxygens (including phenoxy) is 2. The Bertz CT molecular complexity index is 2780. The molecule has 1 saturated carbocycles. The van der Waals surface area contributed by atoms with Crippen LogP contribution in [0, 0.1) is 17.6 Å². The first-order valence-corrected chi connectivity index (χ1v) is 19.7. The molecule has 1 amide bonds. The summed E-state index contributed by atoms with van der Waals surface area (Å²) in [6.07, 6.45) is 9.74. The van der Waals surface area contributed by atoms with Gasteiger partial charge in [-0.15, -0.1) is 0 Å². The van der Waals surface area contributed by atoms with Gasteiger partial charge in [-0.2, -0.15) is 0 Å². The number of amides is 1. The van der Waals surface area contributed by atoms with Crippen molar-refractivity contribution in [2.75, 3.05) is 18.4 Å². The number of nitrogens with zero attached hydrogens (tertiary/aromatic N) is 6. The van der Waals surface area contributed by atoms with Crippen molar-refractivity contribution in [3.63, 3.8) is 0 Å². The minimum Gasteiger partial charge on any atom is -0.464 e. The maximum Gasteiger partial charge on any atom is 0.337 e. The van der Waals surface area contributed by atoms with Crippen LogP contribution in [0.3, 0.4) is 0 Å². The topological polar surface area (TPSA) is 206 Å². The Kier molecular flexibility index (Phi) is 11.7. The molecule has 2 N–H and O–H groups in total. The molecule has 1 aliphatic carbocycles. The number of rotatable bonds is 14. The molecule has 1 atom stereocenters. The predicted octanol–water partition coefficient (Wildman–Crippen LogP) is 3.85. The average molecular weight is 827 g/mol. The van der Waals surface area contributed by atoms with Crippen molar-refractivity contribution in [2.45, 2.75) is 43.2 Å². The second-order valence-corrected chi connectivity index (χ2v) is 15.5. The van der Waals surface area contributed by atoms with Gasteiger partial charge in [-0.05, 0) is 60.2 Å². The number of aromatic nitrogens is 6. The number of esters is 1. The van der Waals surface area contributed by atoms with Gasteiger partial charge in [0.1, 0.15) is 30.1 Å². The number of aryl methyl sites for hydroxylation is 1. The van der Waals surface area contributed by atoms with Crippen molar-refractivity contribution >= 4 is 38.5 Å². The van der Waals surface area contributed by atoms with Gasteiger partial charge in [0, 0.05) is 57.0 Å². The van der Waals surface area contributed by atoms with Crippen LogP contribution in [0.25, 0.3) is 27.8 Å². The Morgan fingerprint density at radius 3 is 2.34 bits per heavy atom. The Hall–Kier alpha value is -6.73. The highest BCUT2D eigenvalue weighted by atomic mass is 32.2. The van der Waals surface area contributed by atoms with Crippen LogP contribution < -0.4 is 21.3 Å². The first-order valence-electron chi connectivity index (χ1n) is 18.2. The van der Waals surface area contributed by atoms with Crippen LogP contribution in [0.5, 0.6) is 0 Å². The van der Waals surface area contributed by atoms with E-state index in [0.717, 1.165) is 23.8 Å². The van der Waals surface area contributed by atoms with Crippen LogP contribution in [-0.4, -0.2) is 69.1 Å². The molecule has 59 heavy (non-hydrogen) atoms. The fourth-order valence-electron chi connectivity index (χ4n) is 6.33. The highest BCUT2D eigenvalue weighted by molar-refractivity contribution is 7.92. The molecule has 0 radical (unpaired) electrons. The van der Waals surface area contributed by atoms with E-state index < -0.39 is 62.1 Å². The molecule has 0 spiro atoms. The predicted molar refractivity (Wildman–Crippen MR) is 209 cm³/mol. The van der Waals surface area contributed by atoms with E-state index in [1.807, 2.05) is 4.72 Å². The van der Waals surface area contributed by atoms with E-state index in [0.29, 0.717) is 40.2 Å². The highest BCUT2D eigenvalue weighted by Crippen LogP contribution is 2.27. The number of sulfonamides is 1. The number of fused-ring (bicyclic) bond motifs is 1. The van der Waals surface area contributed by atoms with Crippen molar-refractivity contribution in [3.05, 3.63) is 135 Å². The molecule has 0 bridgehead atoms. The van der Waals surface area contributed by atoms with Gasteiger partial charge in [-0.1, -0.05) is 24.6 Å². The molecule has 0 aliphatic heterocycles. The van der Waals surface area contributed by atoms with Crippen LogP contribution >= 0.6 is 0 Å². The maximum absolute atomic E-state index is 15.5. The van der Waals surface area contributed by atoms with Crippen molar-refractivity contribution in [1.29, 1.82) is 0 Å². The molecule has 2 aromatic carbocycles. The first kappa shape index (κ1) is 40.5. The second-order valence-electron chi connectivity index (χ2n) is 13.8. The lowest BCUT2D eigenvalue weighted by Crippen LogP contribution is -2.44. The third kappa shape index (κ3) is 8.75. The van der Waals surface area contributed by atoms with Crippen LogP contribution in [0.4, 0.5) is 14.5 Å². The van der Waals surface area contributed by atoms with E-state index >= 15 is 8.78 Å². The summed E-state index contributed by atoms with van der Waals surface area (Å²) in [4.78, 5) is 69.4. The lowest BCUT2D eigenvalue weighted by Gasteiger charge is -2.26. The number of pyridine rings is 2. The molecule has 1 fully saturated rings. The van der Waals surface area contributed by atoms with Crippen molar-refractivity contribution in [2.24, 2.45) is 13.0 Å². The van der Waals surface area contributed by atoms with Crippen molar-refractivity contribution < 1.29 is 36.3 Å². The summed E-state index contributed by atoms with van der Waals surface area (Å²) in [5.74, 6) is -3.94. The monoisotopic (exact) mass is 826 g/mol. The number of hydrogen-bond donors (Lipinski definition) is 2. The molecule has 0 saturated heterocycles. The van der Waals surface area contributed by atoms with Crippen molar-refractivity contribution in [1.82, 2.24) is 34.4 Å². The van der Waals surface area contributed by atoms with Gasteiger partial charge in [0.2, 0.25) is 0 Å². The fourth-order valence-corrected chi connectivity index (χ4v) is 7.39. The molecule has 16 nitrogen and oxygen atoms in total. The summed E-state index contributed by atoms with van der Waals surface area (Å²) in [6.45, 7) is 0.321. The number of halogens is 2. The quantitative estimate of drug-likeness (QED) is 0.150. The first-order chi connectivity index (χ1) is 28.3. The summed E-state index contributed by atoms with van der Waals surface area (Å²) < 4.78 is 71.9. The Balaban J connectivity index is 1.07. The SMILES string of the molecule is COCc1ncc(-c2ccc(S(=O)(=O)Nc3cc(F)c(C(=O)N[C@@H](Cc4ccc(-n5c(=O)c6ccncc6n(C)c5=O)nc4)C(=O)OCC4CCC4)cc3F)cc2)cn1. The van der Waals surface area contributed by atoms with E-state index in [1.54, 1.807) is 12.4 Å². The van der Waals surface area contributed by atoms with Crippen LogP contribution in [0.2, 0.25) is 0 Å². The largest absolute Gasteiger partial charge is 0.464 e. The van der Waals surface area contributed by atoms with Gasteiger partial charge < -0.3 is 14.8 Å². The third-order valence-corrected chi connectivity index (χ3v) is 11.2. The molecular formula is C40H36F2N8O8S. The Labute approximate surface area is 335 Å². The number of hydrogen-bond acceptors (Lipinski definition) is 12. The van der Waals surface area contributed by atoms with E-state index in [4.69, 9.17) is 9.47 Å². The fraction of sp³-hybridized carbons (Fsp3) is 0.250. The summed E-state index contributed by atoms with van der Waals surface area (Å²) in [5, 5.41) is 2.64. The van der Waals surface area contributed by atoms with Gasteiger partial charge in [0.15, 0.2) is 5.82 Å².